The number of fused-ring (bicyclic) bond motifs is 2. The van der Waals surface area contributed by atoms with E-state index < -0.39 is 54.5 Å². The van der Waals surface area contributed by atoms with E-state index in [-0.39, 0.29) is 37.2 Å². The van der Waals surface area contributed by atoms with E-state index >= 15 is 0 Å². The molecule has 176 valence electrons. The van der Waals surface area contributed by atoms with Gasteiger partial charge in [-0.25, -0.2) is 14.4 Å². The number of halogens is 6. The predicted octanol–water partition coefficient (Wildman–Crippen LogP) is 4.17. The van der Waals surface area contributed by atoms with Crippen LogP contribution in [0.2, 0.25) is 0 Å². The summed E-state index contributed by atoms with van der Waals surface area (Å²) in [5, 5.41) is 0. The van der Waals surface area contributed by atoms with Crippen molar-refractivity contribution in [2.75, 3.05) is 6.61 Å². The second-order valence-corrected chi connectivity index (χ2v) is 8.15. The molecule has 0 aromatic rings. The molecule has 0 aliphatic heterocycles. The second kappa shape index (κ2) is 8.70. The van der Waals surface area contributed by atoms with Gasteiger partial charge in [0, 0.05) is 18.4 Å². The predicted molar refractivity (Wildman–Crippen MR) is 91.3 cm³/mol. The van der Waals surface area contributed by atoms with E-state index in [2.05, 4.69) is 11.3 Å². The molecule has 0 heterocycles. The van der Waals surface area contributed by atoms with E-state index in [9.17, 15) is 40.7 Å². The summed E-state index contributed by atoms with van der Waals surface area (Å²) < 4.78 is 90.1. The first-order chi connectivity index (χ1) is 14.1. The number of carbonyl (C=O) groups excluding carboxylic acids is 3. The van der Waals surface area contributed by atoms with Gasteiger partial charge >= 0.3 is 30.3 Å². The van der Waals surface area contributed by atoms with E-state index in [1.54, 1.807) is 0 Å². The molecule has 3 unspecified atom stereocenters. The number of ether oxygens (including phenoxy) is 3. The van der Waals surface area contributed by atoms with Gasteiger partial charge in [-0.05, 0) is 38.5 Å². The highest BCUT2D eigenvalue weighted by atomic mass is 19.4. The molecule has 0 aromatic heterocycles. The Morgan fingerprint density at radius 3 is 2.16 bits per heavy atom. The Morgan fingerprint density at radius 1 is 1.00 bits per heavy atom. The van der Waals surface area contributed by atoms with Crippen molar-refractivity contribution in [1.29, 1.82) is 0 Å². The molecular formula is C19H22F6O6. The minimum atomic E-state index is -5.24. The van der Waals surface area contributed by atoms with Crippen LogP contribution < -0.4 is 0 Å². The molecular weight excluding hydrogens is 438 g/mol. The number of alkyl halides is 6. The van der Waals surface area contributed by atoms with Crippen molar-refractivity contribution in [1.82, 2.24) is 0 Å². The van der Waals surface area contributed by atoms with Gasteiger partial charge in [-0.15, -0.1) is 0 Å². The highest BCUT2D eigenvalue weighted by Crippen LogP contribution is 2.52. The largest absolute Gasteiger partial charge is 0.490 e. The average Bonchev–Trinajstić information content (AvgIpc) is 2.59. The van der Waals surface area contributed by atoms with Crippen LogP contribution in [-0.2, 0) is 28.6 Å². The summed E-state index contributed by atoms with van der Waals surface area (Å²) in [7, 11) is 0. The number of hydrogen-bond acceptors (Lipinski definition) is 6. The number of esters is 3. The molecule has 6 nitrogen and oxygen atoms in total. The Bertz CT molecular complexity index is 745. The van der Waals surface area contributed by atoms with Crippen LogP contribution in [0.15, 0.2) is 12.2 Å². The molecule has 31 heavy (non-hydrogen) atoms. The maximum Gasteiger partial charge on any atom is 0.490 e. The molecule has 0 N–H and O–H groups in total. The lowest BCUT2D eigenvalue weighted by atomic mass is 9.62. The lowest BCUT2D eigenvalue weighted by molar-refractivity contribution is -0.234. The first-order valence-corrected chi connectivity index (χ1v) is 9.51. The van der Waals surface area contributed by atoms with E-state index in [1.165, 1.54) is 6.92 Å². The highest BCUT2D eigenvalue weighted by Gasteiger charge is 2.56. The molecule has 0 spiro atoms. The molecule has 2 aliphatic rings. The zero-order valence-electron chi connectivity index (χ0n) is 16.7. The third kappa shape index (κ3) is 6.36. The Hall–Kier alpha value is -2.27. The molecule has 2 fully saturated rings. The summed E-state index contributed by atoms with van der Waals surface area (Å²) >= 11 is 0. The summed E-state index contributed by atoms with van der Waals surface area (Å²) in [6, 6.07) is 0. The van der Waals surface area contributed by atoms with Gasteiger partial charge < -0.3 is 14.2 Å². The van der Waals surface area contributed by atoms with Crippen LogP contribution in [-0.4, -0.2) is 48.1 Å². The van der Waals surface area contributed by atoms with Crippen molar-refractivity contribution in [2.45, 2.75) is 75.4 Å². The molecule has 0 saturated heterocycles. The fraction of sp³-hybridized carbons (Fsp3) is 0.737. The van der Waals surface area contributed by atoms with E-state index in [4.69, 9.17) is 9.47 Å². The van der Waals surface area contributed by atoms with Gasteiger partial charge in [-0.3, -0.25) is 0 Å². The van der Waals surface area contributed by atoms with Crippen molar-refractivity contribution < 1.29 is 54.9 Å². The fourth-order valence-electron chi connectivity index (χ4n) is 4.36. The first-order valence-electron chi connectivity index (χ1n) is 9.51. The summed E-state index contributed by atoms with van der Waals surface area (Å²) in [4.78, 5) is 34.7. The molecule has 2 bridgehead atoms. The second-order valence-electron chi connectivity index (χ2n) is 8.15. The van der Waals surface area contributed by atoms with Crippen LogP contribution in [0, 0.1) is 5.92 Å². The summed E-state index contributed by atoms with van der Waals surface area (Å²) in [6.45, 7) is 3.95. The lowest BCUT2D eigenvalue weighted by Gasteiger charge is -2.52. The summed E-state index contributed by atoms with van der Waals surface area (Å²) in [5.41, 5.74) is -3.22. The van der Waals surface area contributed by atoms with Crippen molar-refractivity contribution in [3.8, 4) is 0 Å². The zero-order chi connectivity index (χ0) is 23.7. The molecule has 0 aromatic carbocycles. The highest BCUT2D eigenvalue weighted by molar-refractivity contribution is 5.87. The summed E-state index contributed by atoms with van der Waals surface area (Å²) in [5.74, 6) is -6.04. The Balaban J connectivity index is 2.28. The average molecular weight is 460 g/mol. The van der Waals surface area contributed by atoms with Crippen LogP contribution in [0.4, 0.5) is 26.3 Å². The van der Waals surface area contributed by atoms with Crippen LogP contribution in [0.3, 0.4) is 0 Å². The molecule has 0 amide bonds. The lowest BCUT2D eigenvalue weighted by Crippen LogP contribution is -2.56. The molecule has 2 saturated carbocycles. The van der Waals surface area contributed by atoms with E-state index in [0.29, 0.717) is 12.8 Å². The normalized spacial score (nSPS) is 28.4. The SMILES string of the molecule is C=C(C)C(=O)OC1(CCOC(=O)C(F)(F)F)CC2CCCC(OC(=O)C(F)(F)F)(C2)C1. The van der Waals surface area contributed by atoms with Gasteiger partial charge in [0.15, 0.2) is 0 Å². The van der Waals surface area contributed by atoms with E-state index in [0.717, 1.165) is 0 Å². The molecule has 12 heteroatoms. The maximum absolute atomic E-state index is 12.8. The number of carbonyl (C=O) groups is 3. The number of rotatable bonds is 6. The monoisotopic (exact) mass is 460 g/mol. The minimum absolute atomic E-state index is 0.0382. The van der Waals surface area contributed by atoms with Crippen LogP contribution in [0.25, 0.3) is 0 Å². The van der Waals surface area contributed by atoms with Crippen molar-refractivity contribution in [3.05, 3.63) is 12.2 Å². The van der Waals surface area contributed by atoms with E-state index in [1.807, 2.05) is 0 Å². The van der Waals surface area contributed by atoms with Crippen LogP contribution in [0.1, 0.15) is 51.9 Å². The van der Waals surface area contributed by atoms with Gasteiger partial charge in [-0.1, -0.05) is 13.0 Å². The third-order valence-electron chi connectivity index (χ3n) is 5.43. The zero-order valence-corrected chi connectivity index (χ0v) is 16.7. The Labute approximate surface area is 173 Å². The Morgan fingerprint density at radius 2 is 1.61 bits per heavy atom. The minimum Gasteiger partial charge on any atom is -0.459 e. The van der Waals surface area contributed by atoms with Crippen LogP contribution in [0.5, 0.6) is 0 Å². The summed E-state index contributed by atoms with van der Waals surface area (Å²) in [6.07, 6.45) is -9.95. The van der Waals surface area contributed by atoms with Gasteiger partial charge in [0.2, 0.25) is 0 Å². The molecule has 2 aliphatic carbocycles. The fourth-order valence-corrected chi connectivity index (χ4v) is 4.36. The smallest absolute Gasteiger partial charge is 0.459 e. The van der Waals surface area contributed by atoms with Gasteiger partial charge in [0.05, 0.1) is 6.61 Å². The Kier molecular flexibility index (Phi) is 7.01. The van der Waals surface area contributed by atoms with Crippen LogP contribution >= 0.6 is 0 Å². The molecule has 3 atom stereocenters. The maximum atomic E-state index is 12.8. The number of hydrogen-bond donors (Lipinski definition) is 0. The van der Waals surface area contributed by atoms with Crippen molar-refractivity contribution in [3.63, 3.8) is 0 Å². The molecule has 2 rings (SSSR count). The topological polar surface area (TPSA) is 78.9 Å². The quantitative estimate of drug-likeness (QED) is 0.256. The molecule has 0 radical (unpaired) electrons. The van der Waals surface area contributed by atoms with Gasteiger partial charge in [-0.2, -0.15) is 26.3 Å². The van der Waals surface area contributed by atoms with Crippen molar-refractivity contribution in [2.24, 2.45) is 5.92 Å². The van der Waals surface area contributed by atoms with Gasteiger partial charge in [0.1, 0.15) is 11.2 Å². The third-order valence-corrected chi connectivity index (χ3v) is 5.43. The standard InChI is InChI=1S/C19H22F6O6/c1-11(2)13(26)30-17(6-7-29-14(27)18(20,21)22)9-12-4-3-5-16(8-12,10-17)31-15(28)19(23,24)25/h12H,1,3-10H2,2H3. The first kappa shape index (κ1) is 25.0. The van der Waals surface area contributed by atoms with Crippen molar-refractivity contribution >= 4 is 17.9 Å². The van der Waals surface area contributed by atoms with Gasteiger partial charge in [0.25, 0.3) is 0 Å².